The van der Waals surface area contributed by atoms with E-state index in [1.54, 1.807) is 0 Å². The van der Waals surface area contributed by atoms with E-state index in [2.05, 4.69) is 31.0 Å². The Labute approximate surface area is 110 Å². The fourth-order valence-corrected chi connectivity index (χ4v) is 1.50. The molecule has 1 aromatic carbocycles. The summed E-state index contributed by atoms with van der Waals surface area (Å²) in [5, 5.41) is 3.29. The molecule has 0 saturated heterocycles. The number of rotatable bonds is 10. The minimum absolute atomic E-state index is 0.585. The molecule has 0 unspecified atom stereocenters. The van der Waals surface area contributed by atoms with Crippen molar-refractivity contribution in [2.75, 3.05) is 26.4 Å². The lowest BCUT2D eigenvalue weighted by Crippen LogP contribution is -2.12. The molecule has 1 aromatic rings. The van der Waals surface area contributed by atoms with Gasteiger partial charge in [-0.15, -0.1) is 6.58 Å². The predicted molar refractivity (Wildman–Crippen MR) is 75.0 cm³/mol. The minimum Gasteiger partial charge on any atom is -0.491 e. The van der Waals surface area contributed by atoms with Crippen molar-refractivity contribution in [1.82, 2.24) is 5.32 Å². The first-order chi connectivity index (χ1) is 8.86. The summed E-state index contributed by atoms with van der Waals surface area (Å²) in [7, 11) is 0. The predicted octanol–water partition coefficient (Wildman–Crippen LogP) is 2.77. The van der Waals surface area contributed by atoms with Crippen LogP contribution in [-0.4, -0.2) is 26.4 Å². The van der Waals surface area contributed by atoms with Crippen LogP contribution in [0.2, 0.25) is 0 Å². The first kappa shape index (κ1) is 14.7. The van der Waals surface area contributed by atoms with Gasteiger partial charge in [-0.2, -0.15) is 0 Å². The van der Waals surface area contributed by atoms with Gasteiger partial charge in [0.1, 0.15) is 12.4 Å². The summed E-state index contributed by atoms with van der Waals surface area (Å²) < 4.78 is 11.0. The van der Waals surface area contributed by atoms with Crippen LogP contribution in [0, 0.1) is 0 Å². The zero-order valence-corrected chi connectivity index (χ0v) is 11.2. The maximum Gasteiger partial charge on any atom is 0.119 e. The highest BCUT2D eigenvalue weighted by molar-refractivity contribution is 5.28. The van der Waals surface area contributed by atoms with Crippen LogP contribution < -0.4 is 10.1 Å². The average Bonchev–Trinajstić information content (AvgIpc) is 2.41. The first-order valence-corrected chi connectivity index (χ1v) is 6.48. The van der Waals surface area contributed by atoms with Gasteiger partial charge in [0.15, 0.2) is 0 Å². The van der Waals surface area contributed by atoms with Crippen LogP contribution in [0.4, 0.5) is 0 Å². The van der Waals surface area contributed by atoms with Gasteiger partial charge in [0, 0.05) is 6.54 Å². The fourth-order valence-electron chi connectivity index (χ4n) is 1.50. The van der Waals surface area contributed by atoms with Crippen molar-refractivity contribution in [3.63, 3.8) is 0 Å². The maximum atomic E-state index is 5.63. The van der Waals surface area contributed by atoms with E-state index < -0.39 is 0 Å². The summed E-state index contributed by atoms with van der Waals surface area (Å²) in [6.07, 6.45) is 2.74. The normalized spacial score (nSPS) is 10.3. The Bertz CT molecular complexity index is 339. The van der Waals surface area contributed by atoms with E-state index in [9.17, 15) is 0 Å². The first-order valence-electron chi connectivity index (χ1n) is 6.48. The van der Waals surface area contributed by atoms with Gasteiger partial charge in [0.05, 0.1) is 13.2 Å². The molecule has 0 radical (unpaired) electrons. The van der Waals surface area contributed by atoms with Crippen LogP contribution in [0.25, 0.3) is 0 Å². The Morgan fingerprint density at radius 1 is 1.28 bits per heavy atom. The summed E-state index contributed by atoms with van der Waals surface area (Å²) in [5.74, 6) is 0.901. The Balaban J connectivity index is 2.22. The molecule has 0 atom stereocenters. The molecule has 100 valence electrons. The monoisotopic (exact) mass is 249 g/mol. The molecule has 0 aromatic heterocycles. The van der Waals surface area contributed by atoms with E-state index in [1.165, 1.54) is 5.56 Å². The van der Waals surface area contributed by atoms with Crippen molar-refractivity contribution in [3.05, 3.63) is 42.5 Å². The van der Waals surface area contributed by atoms with Crippen molar-refractivity contribution >= 4 is 0 Å². The molecule has 1 N–H and O–H groups in total. The number of ether oxygens (including phenoxy) is 2. The van der Waals surface area contributed by atoms with Gasteiger partial charge in [-0.3, -0.25) is 0 Å². The topological polar surface area (TPSA) is 30.5 Å². The van der Waals surface area contributed by atoms with Crippen molar-refractivity contribution in [3.8, 4) is 5.75 Å². The van der Waals surface area contributed by atoms with E-state index in [-0.39, 0.29) is 0 Å². The van der Waals surface area contributed by atoms with Crippen LogP contribution >= 0.6 is 0 Å². The molecule has 0 heterocycles. The fraction of sp³-hybridized carbons (Fsp3) is 0.467. The van der Waals surface area contributed by atoms with E-state index >= 15 is 0 Å². The molecule has 0 fully saturated rings. The molecule has 0 aliphatic carbocycles. The average molecular weight is 249 g/mol. The molecule has 0 amide bonds. The highest BCUT2D eigenvalue weighted by Crippen LogP contribution is 2.13. The third kappa shape index (κ3) is 6.42. The quantitative estimate of drug-likeness (QED) is 0.511. The molecular formula is C15H23NO2. The number of nitrogens with one attached hydrogen (secondary N) is 1. The van der Waals surface area contributed by atoms with Crippen molar-refractivity contribution < 1.29 is 9.47 Å². The summed E-state index contributed by atoms with van der Waals surface area (Å²) >= 11 is 0. The molecular weight excluding hydrogens is 226 g/mol. The Morgan fingerprint density at radius 3 is 2.94 bits per heavy atom. The second kappa shape index (κ2) is 9.68. The smallest absolute Gasteiger partial charge is 0.119 e. The summed E-state index contributed by atoms with van der Waals surface area (Å²) in [4.78, 5) is 0. The van der Waals surface area contributed by atoms with Crippen molar-refractivity contribution in [1.29, 1.82) is 0 Å². The van der Waals surface area contributed by atoms with Crippen LogP contribution in [0.5, 0.6) is 5.75 Å². The third-order valence-electron chi connectivity index (χ3n) is 2.44. The number of hydrogen-bond donors (Lipinski definition) is 1. The highest BCUT2D eigenvalue weighted by Gasteiger charge is 1.96. The summed E-state index contributed by atoms with van der Waals surface area (Å²) in [5.41, 5.74) is 1.24. The second-order valence-electron chi connectivity index (χ2n) is 3.97. The molecule has 18 heavy (non-hydrogen) atoms. The van der Waals surface area contributed by atoms with Crippen molar-refractivity contribution in [2.24, 2.45) is 0 Å². The largest absolute Gasteiger partial charge is 0.491 e. The molecule has 0 saturated carbocycles. The van der Waals surface area contributed by atoms with Gasteiger partial charge in [0.25, 0.3) is 0 Å². The van der Waals surface area contributed by atoms with Gasteiger partial charge >= 0.3 is 0 Å². The Morgan fingerprint density at radius 2 is 2.17 bits per heavy atom. The van der Waals surface area contributed by atoms with Crippen molar-refractivity contribution in [2.45, 2.75) is 19.9 Å². The molecule has 0 aliphatic heterocycles. The second-order valence-corrected chi connectivity index (χ2v) is 3.97. The molecule has 1 rings (SSSR count). The van der Waals surface area contributed by atoms with Gasteiger partial charge < -0.3 is 14.8 Å². The van der Waals surface area contributed by atoms with Gasteiger partial charge in [-0.1, -0.05) is 25.1 Å². The number of benzene rings is 1. The molecule has 3 nitrogen and oxygen atoms in total. The van der Waals surface area contributed by atoms with Crippen LogP contribution in [0.15, 0.2) is 36.9 Å². The Kier molecular flexibility index (Phi) is 7.93. The zero-order valence-electron chi connectivity index (χ0n) is 11.2. The molecule has 0 spiro atoms. The molecule has 0 aliphatic rings. The van der Waals surface area contributed by atoms with E-state index in [1.807, 2.05) is 18.2 Å². The summed E-state index contributed by atoms with van der Waals surface area (Å²) in [6.45, 7) is 9.51. The molecule has 0 bridgehead atoms. The zero-order chi connectivity index (χ0) is 13.1. The van der Waals surface area contributed by atoms with Gasteiger partial charge in [0.2, 0.25) is 0 Å². The van der Waals surface area contributed by atoms with Crippen LogP contribution in [0.1, 0.15) is 18.9 Å². The van der Waals surface area contributed by atoms with E-state index in [0.29, 0.717) is 19.8 Å². The maximum absolute atomic E-state index is 5.63. The van der Waals surface area contributed by atoms with E-state index in [4.69, 9.17) is 9.47 Å². The number of hydrogen-bond acceptors (Lipinski definition) is 3. The van der Waals surface area contributed by atoms with Gasteiger partial charge in [-0.25, -0.2) is 0 Å². The van der Waals surface area contributed by atoms with Gasteiger partial charge in [-0.05, 0) is 30.7 Å². The summed E-state index contributed by atoms with van der Waals surface area (Å²) in [6, 6.07) is 8.14. The third-order valence-corrected chi connectivity index (χ3v) is 2.44. The lowest BCUT2D eigenvalue weighted by molar-refractivity contribution is 0.103. The van der Waals surface area contributed by atoms with Crippen LogP contribution in [-0.2, 0) is 11.3 Å². The molecule has 3 heteroatoms. The van der Waals surface area contributed by atoms with Crippen LogP contribution in [0.3, 0.4) is 0 Å². The van der Waals surface area contributed by atoms with E-state index in [0.717, 1.165) is 25.3 Å². The SMILES string of the molecule is C=CCCOCCOc1cccc(CNCC)c1. The lowest BCUT2D eigenvalue weighted by Gasteiger charge is -2.08. The standard InChI is InChI=1S/C15H23NO2/c1-3-5-9-17-10-11-18-15-8-6-7-14(12-15)13-16-4-2/h3,6-8,12,16H,1,4-5,9-11,13H2,2H3. The minimum atomic E-state index is 0.585. The Hall–Kier alpha value is -1.32. The highest BCUT2D eigenvalue weighted by atomic mass is 16.5. The lowest BCUT2D eigenvalue weighted by atomic mass is 10.2.